The number of hydrogen-bond donors (Lipinski definition) is 1. The summed E-state index contributed by atoms with van der Waals surface area (Å²) in [6, 6.07) is 8.28. The summed E-state index contributed by atoms with van der Waals surface area (Å²) < 4.78 is 11.3. The molecule has 110 valence electrons. The van der Waals surface area contributed by atoms with Crippen molar-refractivity contribution < 1.29 is 9.15 Å². The molecule has 2 aromatic rings. The average molecular weight is 276 g/mol. The molecular weight excluding hydrogens is 252 g/mol. The molecular formula is C16H24N2O2. The predicted octanol–water partition coefficient (Wildman–Crippen LogP) is 2.71. The van der Waals surface area contributed by atoms with Crippen molar-refractivity contribution in [3.05, 3.63) is 35.6 Å². The van der Waals surface area contributed by atoms with Crippen molar-refractivity contribution in [3.63, 3.8) is 0 Å². The molecule has 0 saturated carbocycles. The van der Waals surface area contributed by atoms with Gasteiger partial charge in [0.05, 0.1) is 12.6 Å². The fraction of sp³-hybridized carbons (Fsp3) is 0.500. The van der Waals surface area contributed by atoms with Crippen molar-refractivity contribution in [1.29, 1.82) is 0 Å². The van der Waals surface area contributed by atoms with Gasteiger partial charge in [0, 0.05) is 30.6 Å². The lowest BCUT2D eigenvalue weighted by Crippen LogP contribution is -2.33. The van der Waals surface area contributed by atoms with Gasteiger partial charge in [0.25, 0.3) is 0 Å². The number of aryl methyl sites for hydroxylation is 1. The standard InChI is InChI=1S/C16H24N2O2/c1-4-19-10-9-18(3)14(11-17)16-12(2)20-15-8-6-5-7-13(15)16/h5-8,14H,4,9-11,17H2,1-3H3. The Morgan fingerprint density at radius 1 is 1.35 bits per heavy atom. The number of para-hydroxylation sites is 1. The van der Waals surface area contributed by atoms with E-state index >= 15 is 0 Å². The number of ether oxygens (including phenoxy) is 1. The van der Waals surface area contributed by atoms with E-state index in [2.05, 4.69) is 18.0 Å². The smallest absolute Gasteiger partial charge is 0.134 e. The molecule has 0 spiro atoms. The van der Waals surface area contributed by atoms with E-state index in [9.17, 15) is 0 Å². The molecule has 1 atom stereocenters. The number of likely N-dealkylation sites (N-methyl/N-ethyl adjacent to an activating group) is 1. The second-order valence-electron chi connectivity index (χ2n) is 5.00. The molecule has 0 aliphatic heterocycles. The Morgan fingerprint density at radius 3 is 2.80 bits per heavy atom. The first-order valence-electron chi connectivity index (χ1n) is 7.15. The maximum atomic E-state index is 6.00. The third kappa shape index (κ3) is 3.03. The third-order valence-electron chi connectivity index (χ3n) is 3.70. The third-order valence-corrected chi connectivity index (χ3v) is 3.70. The summed E-state index contributed by atoms with van der Waals surface area (Å²) in [4.78, 5) is 2.24. The van der Waals surface area contributed by atoms with Gasteiger partial charge in [-0.2, -0.15) is 0 Å². The minimum absolute atomic E-state index is 0.152. The Balaban J connectivity index is 2.27. The van der Waals surface area contributed by atoms with Crippen molar-refractivity contribution in [2.75, 3.05) is 33.4 Å². The quantitative estimate of drug-likeness (QED) is 0.790. The summed E-state index contributed by atoms with van der Waals surface area (Å²) in [5.41, 5.74) is 8.13. The number of furan rings is 1. The summed E-state index contributed by atoms with van der Waals surface area (Å²) in [7, 11) is 2.08. The molecule has 0 bridgehead atoms. The molecule has 4 nitrogen and oxygen atoms in total. The Morgan fingerprint density at radius 2 is 2.10 bits per heavy atom. The molecule has 1 heterocycles. The molecule has 20 heavy (non-hydrogen) atoms. The second kappa shape index (κ2) is 6.88. The Labute approximate surface area is 120 Å². The zero-order valence-corrected chi connectivity index (χ0v) is 12.6. The average Bonchev–Trinajstić information content (AvgIpc) is 2.77. The van der Waals surface area contributed by atoms with Gasteiger partial charge < -0.3 is 14.9 Å². The monoisotopic (exact) mass is 276 g/mol. The van der Waals surface area contributed by atoms with Gasteiger partial charge in [0.1, 0.15) is 11.3 Å². The number of fused-ring (bicyclic) bond motifs is 1. The summed E-state index contributed by atoms with van der Waals surface area (Å²) in [5.74, 6) is 0.949. The second-order valence-corrected chi connectivity index (χ2v) is 5.00. The summed E-state index contributed by atoms with van der Waals surface area (Å²) in [6.45, 7) is 6.90. The van der Waals surface area contributed by atoms with Crippen LogP contribution in [-0.4, -0.2) is 38.3 Å². The van der Waals surface area contributed by atoms with Crippen LogP contribution in [0.25, 0.3) is 11.0 Å². The highest BCUT2D eigenvalue weighted by atomic mass is 16.5. The van der Waals surface area contributed by atoms with E-state index < -0.39 is 0 Å². The lowest BCUT2D eigenvalue weighted by Gasteiger charge is -2.27. The molecule has 0 aliphatic rings. The van der Waals surface area contributed by atoms with Crippen molar-refractivity contribution in [1.82, 2.24) is 4.90 Å². The van der Waals surface area contributed by atoms with Crippen LogP contribution in [0.15, 0.2) is 28.7 Å². The highest BCUT2D eigenvalue weighted by Gasteiger charge is 2.22. The zero-order chi connectivity index (χ0) is 14.5. The topological polar surface area (TPSA) is 51.6 Å². The maximum Gasteiger partial charge on any atom is 0.134 e. The largest absolute Gasteiger partial charge is 0.461 e. The lowest BCUT2D eigenvalue weighted by atomic mass is 10.0. The number of hydrogen-bond acceptors (Lipinski definition) is 4. The van der Waals surface area contributed by atoms with E-state index in [-0.39, 0.29) is 6.04 Å². The molecule has 2 rings (SSSR count). The van der Waals surface area contributed by atoms with Crippen molar-refractivity contribution >= 4 is 11.0 Å². The van der Waals surface area contributed by atoms with E-state index in [1.54, 1.807) is 0 Å². The van der Waals surface area contributed by atoms with Gasteiger partial charge in [-0.1, -0.05) is 18.2 Å². The summed E-state index contributed by atoms with van der Waals surface area (Å²) in [6.07, 6.45) is 0. The van der Waals surface area contributed by atoms with Gasteiger partial charge in [-0.15, -0.1) is 0 Å². The minimum Gasteiger partial charge on any atom is -0.461 e. The van der Waals surface area contributed by atoms with Crippen molar-refractivity contribution in [2.24, 2.45) is 5.73 Å². The summed E-state index contributed by atoms with van der Waals surface area (Å²) >= 11 is 0. The van der Waals surface area contributed by atoms with Crippen molar-refractivity contribution in [3.8, 4) is 0 Å². The Hall–Kier alpha value is -1.36. The first kappa shape index (κ1) is 15.0. The van der Waals surface area contributed by atoms with Crippen LogP contribution < -0.4 is 5.73 Å². The molecule has 1 unspecified atom stereocenters. The van der Waals surface area contributed by atoms with E-state index in [0.29, 0.717) is 6.54 Å². The van der Waals surface area contributed by atoms with Crippen LogP contribution in [0.3, 0.4) is 0 Å². The Kier molecular flexibility index (Phi) is 5.17. The van der Waals surface area contributed by atoms with E-state index in [4.69, 9.17) is 14.9 Å². The van der Waals surface area contributed by atoms with Gasteiger partial charge in [-0.25, -0.2) is 0 Å². The summed E-state index contributed by atoms with van der Waals surface area (Å²) in [5, 5.41) is 1.16. The molecule has 0 saturated heterocycles. The van der Waals surface area contributed by atoms with Crippen LogP contribution in [0.5, 0.6) is 0 Å². The van der Waals surface area contributed by atoms with Crippen LogP contribution in [-0.2, 0) is 4.74 Å². The van der Waals surface area contributed by atoms with Gasteiger partial charge in [0.15, 0.2) is 0 Å². The molecule has 1 aromatic heterocycles. The highest BCUT2D eigenvalue weighted by Crippen LogP contribution is 2.32. The van der Waals surface area contributed by atoms with E-state index in [1.807, 2.05) is 32.0 Å². The van der Waals surface area contributed by atoms with Crippen LogP contribution in [0.2, 0.25) is 0 Å². The fourth-order valence-corrected chi connectivity index (χ4v) is 2.63. The number of nitrogens with two attached hydrogens (primary N) is 1. The van der Waals surface area contributed by atoms with Crippen LogP contribution in [0, 0.1) is 6.92 Å². The van der Waals surface area contributed by atoms with E-state index in [0.717, 1.165) is 36.5 Å². The normalized spacial score (nSPS) is 13.2. The Bertz CT molecular complexity index is 550. The molecule has 4 heteroatoms. The first-order chi connectivity index (χ1) is 9.69. The van der Waals surface area contributed by atoms with Crippen LogP contribution in [0.1, 0.15) is 24.3 Å². The SMILES string of the molecule is CCOCCN(C)C(CN)c1c(C)oc2ccccc12. The van der Waals surface area contributed by atoms with E-state index in [1.165, 1.54) is 5.56 Å². The molecule has 0 amide bonds. The maximum absolute atomic E-state index is 6.00. The fourth-order valence-electron chi connectivity index (χ4n) is 2.63. The highest BCUT2D eigenvalue weighted by molar-refractivity contribution is 5.82. The molecule has 0 fully saturated rings. The minimum atomic E-state index is 0.152. The predicted molar refractivity (Wildman–Crippen MR) is 81.9 cm³/mol. The number of benzene rings is 1. The van der Waals surface area contributed by atoms with Gasteiger partial charge in [-0.05, 0) is 27.0 Å². The molecule has 0 aliphatic carbocycles. The molecule has 1 aromatic carbocycles. The lowest BCUT2D eigenvalue weighted by molar-refractivity contribution is 0.108. The van der Waals surface area contributed by atoms with Crippen LogP contribution >= 0.6 is 0 Å². The number of rotatable bonds is 7. The van der Waals surface area contributed by atoms with Gasteiger partial charge >= 0.3 is 0 Å². The first-order valence-corrected chi connectivity index (χ1v) is 7.15. The zero-order valence-electron chi connectivity index (χ0n) is 12.6. The molecule has 2 N–H and O–H groups in total. The van der Waals surface area contributed by atoms with Crippen LogP contribution in [0.4, 0.5) is 0 Å². The van der Waals surface area contributed by atoms with Gasteiger partial charge in [0.2, 0.25) is 0 Å². The molecule has 0 radical (unpaired) electrons. The number of nitrogens with zero attached hydrogens (tertiary/aromatic N) is 1. The van der Waals surface area contributed by atoms with Gasteiger partial charge in [-0.3, -0.25) is 4.90 Å². The van der Waals surface area contributed by atoms with Crippen molar-refractivity contribution in [2.45, 2.75) is 19.9 Å².